The van der Waals surface area contributed by atoms with Gasteiger partial charge in [-0.3, -0.25) is 9.36 Å². The van der Waals surface area contributed by atoms with Crippen LogP contribution in [0.5, 0.6) is 0 Å². The average Bonchev–Trinajstić information content (AvgIpc) is 2.22. The fourth-order valence-electron chi connectivity index (χ4n) is 1.77. The van der Waals surface area contributed by atoms with Crippen LogP contribution in [0.1, 0.15) is 55.4 Å². The van der Waals surface area contributed by atoms with Gasteiger partial charge in [0, 0.05) is 6.66 Å². The lowest BCUT2D eigenvalue weighted by Gasteiger charge is -2.31. The van der Waals surface area contributed by atoms with E-state index in [9.17, 15) is 14.5 Å². The molecule has 0 bridgehead atoms. The molecule has 138 valence electrons. The molecule has 0 rings (SSSR count). The van der Waals surface area contributed by atoms with Crippen LogP contribution in [0.15, 0.2) is 0 Å². The van der Waals surface area contributed by atoms with E-state index in [0.717, 1.165) is 0 Å². The fraction of sp³-hybridized carbons (Fsp3) is 0.933. The summed E-state index contributed by atoms with van der Waals surface area (Å²) in [6.07, 6.45) is -1.12. The summed E-state index contributed by atoms with van der Waals surface area (Å²) in [6.45, 7) is 15.4. The molecule has 0 fully saturated rings. The van der Waals surface area contributed by atoms with Crippen LogP contribution >= 0.6 is 7.44 Å². The van der Waals surface area contributed by atoms with Crippen molar-refractivity contribution in [2.45, 2.75) is 85.0 Å². The van der Waals surface area contributed by atoms with E-state index in [4.69, 9.17) is 9.47 Å². The van der Waals surface area contributed by atoms with E-state index in [2.05, 4.69) is 10.2 Å². The van der Waals surface area contributed by atoms with Crippen molar-refractivity contribution in [1.29, 1.82) is 0 Å². The van der Waals surface area contributed by atoms with Gasteiger partial charge < -0.3 is 14.6 Å². The molecule has 0 aromatic carbocycles. The second kappa shape index (κ2) is 8.08. The summed E-state index contributed by atoms with van der Waals surface area (Å²) < 4.78 is 23.2. The summed E-state index contributed by atoms with van der Waals surface area (Å²) in [6, 6.07) is -1.33. The molecule has 0 spiro atoms. The highest BCUT2D eigenvalue weighted by Gasteiger charge is 2.30. The minimum absolute atomic E-state index is 0.486. The normalized spacial score (nSPS) is 19.6. The zero-order valence-electron chi connectivity index (χ0n) is 15.8. The smallest absolute Gasteiger partial charge is 0.323 e. The van der Waals surface area contributed by atoms with Crippen LogP contribution in [0.2, 0.25) is 0 Å². The average molecular weight is 352 g/mol. The van der Waals surface area contributed by atoms with Crippen LogP contribution in [0.3, 0.4) is 0 Å². The molecule has 0 aliphatic carbocycles. The molecule has 0 amide bonds. The molecule has 0 aromatic rings. The summed E-state index contributed by atoms with van der Waals surface area (Å²) in [5, 5.41) is 15.5. The van der Waals surface area contributed by atoms with Gasteiger partial charge in [0.2, 0.25) is 7.44 Å². The SMILES string of the molecule is C[C@H](NP(C)(=O)N[C@@H](C)C(O)OC(C)(C)C)C(=O)OC(C)(C)C. The number of ether oxygens (including phenoxy) is 2. The topological polar surface area (TPSA) is 96.9 Å². The lowest BCUT2D eigenvalue weighted by molar-refractivity contribution is -0.175. The molecular weight excluding hydrogens is 319 g/mol. The first kappa shape index (κ1) is 22.5. The minimum Gasteiger partial charge on any atom is -0.459 e. The predicted octanol–water partition coefficient (Wildman–Crippen LogP) is 2.24. The van der Waals surface area contributed by atoms with Crippen molar-refractivity contribution in [2.24, 2.45) is 0 Å². The van der Waals surface area contributed by atoms with Gasteiger partial charge in [-0.05, 0) is 55.4 Å². The van der Waals surface area contributed by atoms with E-state index in [1.54, 1.807) is 34.6 Å². The van der Waals surface area contributed by atoms with Crippen LogP contribution in [0, 0.1) is 0 Å². The maximum absolute atomic E-state index is 12.6. The lowest BCUT2D eigenvalue weighted by atomic mass is 10.2. The van der Waals surface area contributed by atoms with Gasteiger partial charge in [-0.2, -0.15) is 0 Å². The molecule has 3 N–H and O–H groups in total. The Morgan fingerprint density at radius 3 is 1.91 bits per heavy atom. The van der Waals surface area contributed by atoms with E-state index in [1.165, 1.54) is 6.66 Å². The van der Waals surface area contributed by atoms with Gasteiger partial charge >= 0.3 is 5.97 Å². The van der Waals surface area contributed by atoms with E-state index >= 15 is 0 Å². The monoisotopic (exact) mass is 352 g/mol. The predicted molar refractivity (Wildman–Crippen MR) is 91.4 cm³/mol. The number of nitrogens with one attached hydrogen (secondary N) is 2. The third-order valence-electron chi connectivity index (χ3n) is 2.55. The third-order valence-corrected chi connectivity index (χ3v) is 4.33. The van der Waals surface area contributed by atoms with Crippen LogP contribution in [0.25, 0.3) is 0 Å². The van der Waals surface area contributed by atoms with Crippen molar-refractivity contribution >= 4 is 13.4 Å². The molecule has 23 heavy (non-hydrogen) atoms. The van der Waals surface area contributed by atoms with Crippen molar-refractivity contribution in [3.8, 4) is 0 Å². The number of carbonyl (C=O) groups excluding carboxylic acids is 1. The molecule has 8 heteroatoms. The Hall–Kier alpha value is -0.460. The Labute approximate surface area is 140 Å². The van der Waals surface area contributed by atoms with Crippen LogP contribution in [-0.4, -0.2) is 47.3 Å². The summed E-state index contributed by atoms with van der Waals surface area (Å²) >= 11 is 0. The second-order valence-corrected chi connectivity index (χ2v) is 10.2. The molecule has 4 atom stereocenters. The summed E-state index contributed by atoms with van der Waals surface area (Å²) in [5.74, 6) is -0.486. The maximum Gasteiger partial charge on any atom is 0.323 e. The summed E-state index contributed by atoms with van der Waals surface area (Å²) in [4.78, 5) is 11.9. The minimum atomic E-state index is -3.08. The zero-order chi connectivity index (χ0) is 18.6. The molecule has 0 radical (unpaired) electrons. The summed E-state index contributed by atoms with van der Waals surface area (Å²) in [5.41, 5.74) is -1.13. The van der Waals surface area contributed by atoms with Gasteiger partial charge in [0.05, 0.1) is 11.6 Å². The Morgan fingerprint density at radius 1 is 1.04 bits per heavy atom. The lowest BCUT2D eigenvalue weighted by Crippen LogP contribution is -2.45. The second-order valence-electron chi connectivity index (χ2n) is 7.85. The number of aliphatic hydroxyl groups is 1. The molecule has 2 unspecified atom stereocenters. The van der Waals surface area contributed by atoms with Crippen molar-refractivity contribution < 1.29 is 23.9 Å². The van der Waals surface area contributed by atoms with E-state index < -0.39 is 43.0 Å². The number of esters is 1. The van der Waals surface area contributed by atoms with Gasteiger partial charge in [-0.25, -0.2) is 10.2 Å². The Balaban J connectivity index is 4.64. The van der Waals surface area contributed by atoms with Crippen molar-refractivity contribution in [1.82, 2.24) is 10.2 Å². The van der Waals surface area contributed by atoms with Gasteiger partial charge in [0.15, 0.2) is 6.29 Å². The van der Waals surface area contributed by atoms with Crippen molar-refractivity contribution in [3.63, 3.8) is 0 Å². The highest BCUT2D eigenvalue weighted by molar-refractivity contribution is 7.59. The van der Waals surface area contributed by atoms with Crippen LogP contribution in [0.4, 0.5) is 0 Å². The molecule has 0 saturated heterocycles. The molecule has 0 aliphatic rings. The van der Waals surface area contributed by atoms with Gasteiger partial charge in [-0.15, -0.1) is 0 Å². The first-order chi connectivity index (χ1) is 10.0. The van der Waals surface area contributed by atoms with Crippen molar-refractivity contribution in [2.75, 3.05) is 6.66 Å². The first-order valence-electron chi connectivity index (χ1n) is 7.74. The van der Waals surface area contributed by atoms with Gasteiger partial charge in [0.25, 0.3) is 0 Å². The molecular formula is C15H33N2O5P. The number of hydrogen-bond donors (Lipinski definition) is 3. The molecule has 0 aromatic heterocycles. The quantitative estimate of drug-likeness (QED) is 0.367. The number of rotatable bonds is 7. The van der Waals surface area contributed by atoms with E-state index in [1.807, 2.05) is 20.8 Å². The standard InChI is InChI=1S/C15H33N2O5P/c1-10(12(18)21-14(3,4)5)16-23(9,20)17-11(2)13(19)22-15(6,7)8/h10-12,18H,1-9H3,(H2,16,17,20)/t10-,11-,12?,23?/m0/s1. The zero-order valence-corrected chi connectivity index (χ0v) is 16.7. The highest BCUT2D eigenvalue weighted by atomic mass is 31.2. The maximum atomic E-state index is 12.6. The molecule has 0 heterocycles. The van der Waals surface area contributed by atoms with Crippen LogP contribution in [-0.2, 0) is 18.8 Å². The Kier molecular flexibility index (Phi) is 7.92. The number of carbonyl (C=O) groups is 1. The van der Waals surface area contributed by atoms with Gasteiger partial charge in [0.1, 0.15) is 11.6 Å². The Bertz CT molecular complexity index is 442. The van der Waals surface area contributed by atoms with E-state index in [0.29, 0.717) is 0 Å². The largest absolute Gasteiger partial charge is 0.459 e. The third kappa shape index (κ3) is 10.8. The van der Waals surface area contributed by atoms with Crippen molar-refractivity contribution in [3.05, 3.63) is 0 Å². The highest BCUT2D eigenvalue weighted by Crippen LogP contribution is 2.33. The number of hydrogen-bond acceptors (Lipinski definition) is 5. The first-order valence-corrected chi connectivity index (χ1v) is 9.90. The fourth-order valence-corrected chi connectivity index (χ4v) is 3.59. The number of aliphatic hydroxyl groups excluding tert-OH is 1. The van der Waals surface area contributed by atoms with Crippen LogP contribution < -0.4 is 10.2 Å². The van der Waals surface area contributed by atoms with Gasteiger partial charge in [-0.1, -0.05) is 0 Å². The molecule has 7 nitrogen and oxygen atoms in total. The summed E-state index contributed by atoms with van der Waals surface area (Å²) in [7, 11) is -3.08. The van der Waals surface area contributed by atoms with E-state index in [-0.39, 0.29) is 0 Å². The Morgan fingerprint density at radius 2 is 1.52 bits per heavy atom. The molecule has 0 aliphatic heterocycles. The molecule has 0 saturated carbocycles.